The van der Waals surface area contributed by atoms with Crippen LogP contribution in [0, 0.1) is 17.0 Å². The summed E-state index contributed by atoms with van der Waals surface area (Å²) in [4.78, 5) is 22.4. The molecule has 0 saturated heterocycles. The van der Waals surface area contributed by atoms with Gasteiger partial charge in [-0.2, -0.15) is 0 Å². The first-order valence-corrected chi connectivity index (χ1v) is 7.32. The van der Waals surface area contributed by atoms with E-state index in [0.717, 1.165) is 0 Å². The largest absolute Gasteiger partial charge is 0.493 e. The second-order valence-corrected chi connectivity index (χ2v) is 5.06. The maximum atomic E-state index is 11.9. The molecule has 1 amide bonds. The van der Waals surface area contributed by atoms with E-state index in [2.05, 4.69) is 5.32 Å². The standard InChI is InChI=1S/C17H18N2O5/c1-12-7-8-13(11-14(12)19(21)22)18-17(20)9-10-24-16-6-4-3-5-15(16)23-2/h3-8,11H,9-10H2,1-2H3,(H,18,20). The summed E-state index contributed by atoms with van der Waals surface area (Å²) < 4.78 is 10.7. The van der Waals surface area contributed by atoms with Gasteiger partial charge in [0, 0.05) is 17.3 Å². The molecule has 7 heteroatoms. The third-order valence-corrected chi connectivity index (χ3v) is 3.35. The molecule has 7 nitrogen and oxygen atoms in total. The first-order chi connectivity index (χ1) is 11.5. The molecule has 0 aliphatic rings. The average Bonchev–Trinajstić information content (AvgIpc) is 2.56. The molecule has 0 spiro atoms. The van der Waals surface area contributed by atoms with Crippen LogP contribution in [0.15, 0.2) is 42.5 Å². The van der Waals surface area contributed by atoms with Crippen molar-refractivity contribution >= 4 is 17.3 Å². The molecule has 0 aliphatic heterocycles. The fraction of sp³-hybridized carbons (Fsp3) is 0.235. The van der Waals surface area contributed by atoms with Gasteiger partial charge in [0.25, 0.3) is 5.69 Å². The third kappa shape index (κ3) is 4.45. The predicted molar refractivity (Wildman–Crippen MR) is 89.6 cm³/mol. The average molecular weight is 330 g/mol. The Kier molecular flexibility index (Phi) is 5.73. The number of rotatable bonds is 7. The number of carbonyl (C=O) groups excluding carboxylic acids is 1. The molecule has 0 aliphatic carbocycles. The van der Waals surface area contributed by atoms with Gasteiger partial charge in [0.1, 0.15) is 0 Å². The number of nitrogens with zero attached hydrogens (tertiary/aromatic N) is 1. The van der Waals surface area contributed by atoms with E-state index in [1.54, 1.807) is 38.3 Å². The van der Waals surface area contributed by atoms with Gasteiger partial charge in [0.2, 0.25) is 5.91 Å². The van der Waals surface area contributed by atoms with Crippen molar-refractivity contribution in [1.82, 2.24) is 0 Å². The Balaban J connectivity index is 1.90. The van der Waals surface area contributed by atoms with Crippen LogP contribution >= 0.6 is 0 Å². The highest BCUT2D eigenvalue weighted by Crippen LogP contribution is 2.26. The SMILES string of the molecule is COc1ccccc1OCCC(=O)Nc1ccc(C)c([N+](=O)[O-])c1. The van der Waals surface area contributed by atoms with Gasteiger partial charge in [0.15, 0.2) is 11.5 Å². The van der Waals surface area contributed by atoms with E-state index < -0.39 is 4.92 Å². The van der Waals surface area contributed by atoms with Crippen LogP contribution in [-0.4, -0.2) is 24.5 Å². The van der Waals surface area contributed by atoms with Crippen molar-refractivity contribution in [3.63, 3.8) is 0 Å². The summed E-state index contributed by atoms with van der Waals surface area (Å²) in [5.74, 6) is 0.855. The van der Waals surface area contributed by atoms with Gasteiger partial charge in [0.05, 0.1) is 25.1 Å². The van der Waals surface area contributed by atoms with Crippen molar-refractivity contribution in [2.45, 2.75) is 13.3 Å². The van der Waals surface area contributed by atoms with Crippen LogP contribution in [0.3, 0.4) is 0 Å². The Morgan fingerprint density at radius 3 is 2.58 bits per heavy atom. The van der Waals surface area contributed by atoms with Crippen LogP contribution in [-0.2, 0) is 4.79 Å². The molecule has 2 aromatic carbocycles. The van der Waals surface area contributed by atoms with Crippen molar-refractivity contribution in [2.75, 3.05) is 19.0 Å². The van der Waals surface area contributed by atoms with E-state index in [1.807, 2.05) is 12.1 Å². The highest BCUT2D eigenvalue weighted by molar-refractivity contribution is 5.91. The Hall–Kier alpha value is -3.09. The zero-order chi connectivity index (χ0) is 17.5. The highest BCUT2D eigenvalue weighted by atomic mass is 16.6. The summed E-state index contributed by atoms with van der Waals surface area (Å²) in [7, 11) is 1.54. The predicted octanol–water partition coefficient (Wildman–Crippen LogP) is 3.32. The smallest absolute Gasteiger partial charge is 0.274 e. The molecule has 0 saturated carbocycles. The first kappa shape index (κ1) is 17.3. The molecule has 0 aromatic heterocycles. The normalized spacial score (nSPS) is 10.1. The number of amides is 1. The molecule has 0 fully saturated rings. The first-order valence-electron chi connectivity index (χ1n) is 7.32. The van der Waals surface area contributed by atoms with Gasteiger partial charge in [-0.05, 0) is 25.1 Å². The number of nitro benzene ring substituents is 1. The highest BCUT2D eigenvalue weighted by Gasteiger charge is 2.12. The summed E-state index contributed by atoms with van der Waals surface area (Å²) in [6.07, 6.45) is 0.111. The zero-order valence-corrected chi connectivity index (χ0v) is 13.4. The fourth-order valence-electron chi connectivity index (χ4n) is 2.10. The molecule has 24 heavy (non-hydrogen) atoms. The number of nitro groups is 1. The minimum absolute atomic E-state index is 0.0296. The molecule has 0 bridgehead atoms. The molecule has 0 unspecified atom stereocenters. The molecule has 0 heterocycles. The Morgan fingerprint density at radius 2 is 1.92 bits per heavy atom. The van der Waals surface area contributed by atoms with E-state index in [0.29, 0.717) is 22.7 Å². The molecule has 0 radical (unpaired) electrons. The lowest BCUT2D eigenvalue weighted by Gasteiger charge is -2.10. The zero-order valence-electron chi connectivity index (χ0n) is 13.4. The van der Waals surface area contributed by atoms with E-state index in [4.69, 9.17) is 9.47 Å². The van der Waals surface area contributed by atoms with Crippen molar-refractivity contribution in [3.05, 3.63) is 58.1 Å². The van der Waals surface area contributed by atoms with Crippen LogP contribution in [0.2, 0.25) is 0 Å². The van der Waals surface area contributed by atoms with Crippen LogP contribution in [0.1, 0.15) is 12.0 Å². The number of hydrogen-bond acceptors (Lipinski definition) is 5. The molecule has 126 valence electrons. The number of aryl methyl sites for hydroxylation is 1. The summed E-state index contributed by atoms with van der Waals surface area (Å²) in [6.45, 7) is 1.81. The van der Waals surface area contributed by atoms with E-state index >= 15 is 0 Å². The summed E-state index contributed by atoms with van der Waals surface area (Å²) in [6, 6.07) is 11.7. The quantitative estimate of drug-likeness (QED) is 0.621. The lowest BCUT2D eigenvalue weighted by atomic mass is 10.2. The Bertz CT molecular complexity index is 746. The number of anilines is 1. The van der Waals surface area contributed by atoms with E-state index in [-0.39, 0.29) is 24.6 Å². The number of para-hydroxylation sites is 2. The molecule has 1 N–H and O–H groups in total. The molecule has 2 rings (SSSR count). The van der Waals surface area contributed by atoms with Gasteiger partial charge in [-0.25, -0.2) is 0 Å². The maximum Gasteiger partial charge on any atom is 0.274 e. The molecular weight excluding hydrogens is 312 g/mol. The summed E-state index contributed by atoms with van der Waals surface area (Å²) >= 11 is 0. The summed E-state index contributed by atoms with van der Waals surface area (Å²) in [5, 5.41) is 13.5. The number of ether oxygens (including phenoxy) is 2. The lowest BCUT2D eigenvalue weighted by molar-refractivity contribution is -0.385. The van der Waals surface area contributed by atoms with Gasteiger partial charge in [-0.3, -0.25) is 14.9 Å². The number of carbonyl (C=O) groups is 1. The lowest BCUT2D eigenvalue weighted by Crippen LogP contribution is -2.15. The maximum absolute atomic E-state index is 11.9. The van der Waals surface area contributed by atoms with E-state index in [9.17, 15) is 14.9 Å². The third-order valence-electron chi connectivity index (χ3n) is 3.35. The Labute approximate surface area is 139 Å². The monoisotopic (exact) mass is 330 g/mol. The van der Waals surface area contributed by atoms with E-state index in [1.165, 1.54) is 6.07 Å². The summed E-state index contributed by atoms with van der Waals surface area (Å²) in [5.41, 5.74) is 0.894. The van der Waals surface area contributed by atoms with Gasteiger partial charge in [-0.1, -0.05) is 18.2 Å². The van der Waals surface area contributed by atoms with Crippen molar-refractivity contribution in [1.29, 1.82) is 0 Å². The van der Waals surface area contributed by atoms with Gasteiger partial charge < -0.3 is 14.8 Å². The molecule has 2 aromatic rings. The second kappa shape index (κ2) is 7.96. The van der Waals surface area contributed by atoms with Gasteiger partial charge in [-0.15, -0.1) is 0 Å². The molecular formula is C17H18N2O5. The van der Waals surface area contributed by atoms with Crippen molar-refractivity contribution < 1.29 is 19.2 Å². The minimum Gasteiger partial charge on any atom is -0.493 e. The second-order valence-electron chi connectivity index (χ2n) is 5.06. The number of hydrogen-bond donors (Lipinski definition) is 1. The number of methoxy groups -OCH3 is 1. The number of benzene rings is 2. The van der Waals surface area contributed by atoms with Crippen LogP contribution in [0.4, 0.5) is 11.4 Å². The topological polar surface area (TPSA) is 90.7 Å². The van der Waals surface area contributed by atoms with Crippen LogP contribution in [0.25, 0.3) is 0 Å². The Morgan fingerprint density at radius 1 is 1.21 bits per heavy atom. The van der Waals surface area contributed by atoms with Crippen LogP contribution < -0.4 is 14.8 Å². The minimum atomic E-state index is -0.476. The fourth-order valence-corrected chi connectivity index (χ4v) is 2.10. The van der Waals surface area contributed by atoms with Gasteiger partial charge >= 0.3 is 0 Å². The van der Waals surface area contributed by atoms with Crippen LogP contribution in [0.5, 0.6) is 11.5 Å². The molecule has 0 atom stereocenters. The van der Waals surface area contributed by atoms with Crippen molar-refractivity contribution in [2.24, 2.45) is 0 Å². The number of nitrogens with one attached hydrogen (secondary N) is 1. The van der Waals surface area contributed by atoms with Crippen molar-refractivity contribution in [3.8, 4) is 11.5 Å².